The Morgan fingerprint density at radius 3 is 1.34 bits per heavy atom. The Morgan fingerprint density at radius 2 is 1.06 bits per heavy atom. The maximum atomic E-state index is 10.3. The number of aromatic hydroxyl groups is 2. The molecule has 0 saturated heterocycles. The van der Waals surface area contributed by atoms with E-state index < -0.39 is 0 Å². The first kappa shape index (κ1) is 26.6. The summed E-state index contributed by atoms with van der Waals surface area (Å²) in [7, 11) is 0. The van der Waals surface area contributed by atoms with Crippen molar-refractivity contribution in [2.45, 2.75) is 78.6 Å². The van der Waals surface area contributed by atoms with Gasteiger partial charge in [0.25, 0.3) is 0 Å². The van der Waals surface area contributed by atoms with E-state index in [1.165, 1.54) is 0 Å². The molecule has 0 spiro atoms. The van der Waals surface area contributed by atoms with Gasteiger partial charge in [0.15, 0.2) is 9.54 Å². The highest BCUT2D eigenvalue weighted by Crippen LogP contribution is 2.28. The maximum Gasteiger partial charge on any atom is 0.210 e. The second-order valence-corrected chi connectivity index (χ2v) is 9.86. The van der Waals surface area contributed by atoms with Gasteiger partial charge in [-0.05, 0) is 78.8 Å². The van der Waals surface area contributed by atoms with Crippen LogP contribution in [0, 0.1) is 9.54 Å². The van der Waals surface area contributed by atoms with Gasteiger partial charge in [-0.2, -0.15) is 0 Å². The van der Waals surface area contributed by atoms with Crippen molar-refractivity contribution in [3.05, 3.63) is 21.9 Å². The number of aromatic nitrogens is 4. The number of rotatable bonds is 13. The minimum Gasteiger partial charge on any atom is -0.493 e. The first-order valence-electron chi connectivity index (χ1n) is 11.1. The standard InChI is InChI=1S/C22H38N4O4S2/c1-7-23-15-17(27)25(19(23)31)21(3,4)9-11-29-13-14-30-12-10-22(5,6)26-18(28)16-24(8-2)20(26)32/h15-16,27-28H,7-14H2,1-6H3. The van der Waals surface area contributed by atoms with E-state index in [1.807, 2.05) is 50.7 Å². The van der Waals surface area contributed by atoms with Gasteiger partial charge >= 0.3 is 0 Å². The summed E-state index contributed by atoms with van der Waals surface area (Å²) in [6.45, 7) is 15.6. The zero-order chi connectivity index (χ0) is 24.1. The normalized spacial score (nSPS) is 12.6. The molecule has 0 unspecified atom stereocenters. The first-order valence-corrected chi connectivity index (χ1v) is 12.0. The molecule has 2 heterocycles. The SMILES string of the molecule is CCn1cc(O)n(C(C)(C)CCOCCOCCC(C)(C)n2c(O)cn(CC)c2=S)c1=S. The van der Waals surface area contributed by atoms with Crippen LogP contribution >= 0.6 is 24.4 Å². The van der Waals surface area contributed by atoms with E-state index >= 15 is 0 Å². The lowest BCUT2D eigenvalue weighted by Crippen LogP contribution is -2.29. The Hall–Kier alpha value is -1.62. The fourth-order valence-corrected chi connectivity index (χ4v) is 4.78. The van der Waals surface area contributed by atoms with E-state index in [9.17, 15) is 10.2 Å². The summed E-state index contributed by atoms with van der Waals surface area (Å²) in [5.74, 6) is 0.349. The smallest absolute Gasteiger partial charge is 0.210 e. The molecule has 0 atom stereocenters. The van der Waals surface area contributed by atoms with Crippen molar-refractivity contribution < 1.29 is 19.7 Å². The number of ether oxygens (including phenoxy) is 2. The highest BCUT2D eigenvalue weighted by atomic mass is 32.1. The van der Waals surface area contributed by atoms with Crippen LogP contribution in [0.5, 0.6) is 11.8 Å². The van der Waals surface area contributed by atoms with Gasteiger partial charge < -0.3 is 28.8 Å². The van der Waals surface area contributed by atoms with Crippen LogP contribution in [0.4, 0.5) is 0 Å². The zero-order valence-electron chi connectivity index (χ0n) is 20.1. The molecule has 10 heteroatoms. The predicted molar refractivity (Wildman–Crippen MR) is 131 cm³/mol. The van der Waals surface area contributed by atoms with Crippen LogP contribution in [-0.2, 0) is 33.6 Å². The molecule has 8 nitrogen and oxygen atoms in total. The number of nitrogens with zero attached hydrogens (tertiary/aromatic N) is 4. The Balaban J connectivity index is 1.74. The van der Waals surface area contributed by atoms with Gasteiger partial charge in [0.2, 0.25) is 11.8 Å². The minimum absolute atomic E-state index is 0.174. The average molecular weight is 487 g/mol. The van der Waals surface area contributed by atoms with Crippen LogP contribution in [0.3, 0.4) is 0 Å². The molecule has 2 rings (SSSR count). The molecule has 2 aromatic heterocycles. The third-order valence-electron chi connectivity index (χ3n) is 5.86. The Labute approximate surface area is 201 Å². The lowest BCUT2D eigenvalue weighted by atomic mass is 10.0. The van der Waals surface area contributed by atoms with E-state index in [0.717, 1.165) is 13.1 Å². The molecule has 2 N–H and O–H groups in total. The third kappa shape index (κ3) is 6.03. The van der Waals surface area contributed by atoms with E-state index in [2.05, 4.69) is 0 Å². The molecule has 182 valence electrons. The molecule has 32 heavy (non-hydrogen) atoms. The van der Waals surface area contributed by atoms with Gasteiger partial charge in [-0.1, -0.05) is 0 Å². The predicted octanol–water partition coefficient (Wildman–Crippen LogP) is 4.79. The summed E-state index contributed by atoms with van der Waals surface area (Å²) in [5, 5.41) is 20.5. The Kier molecular flexibility index (Phi) is 9.15. The van der Waals surface area contributed by atoms with Crippen molar-refractivity contribution in [1.29, 1.82) is 0 Å². The monoisotopic (exact) mass is 486 g/mol. The third-order valence-corrected chi connectivity index (χ3v) is 6.69. The summed E-state index contributed by atoms with van der Waals surface area (Å²) in [4.78, 5) is 0. The molecular formula is C22H38N4O4S2. The van der Waals surface area contributed by atoms with E-state index in [-0.39, 0.29) is 22.8 Å². The van der Waals surface area contributed by atoms with Crippen LogP contribution < -0.4 is 0 Å². The largest absolute Gasteiger partial charge is 0.493 e. The summed E-state index contributed by atoms with van der Waals surface area (Å²) in [6, 6.07) is 0. The number of aryl methyl sites for hydroxylation is 2. The summed E-state index contributed by atoms with van der Waals surface area (Å²) >= 11 is 11.0. The van der Waals surface area contributed by atoms with Crippen LogP contribution in [0.1, 0.15) is 54.4 Å². The number of hydrogen-bond donors (Lipinski definition) is 2. The molecular weight excluding hydrogens is 448 g/mol. The molecule has 0 aliphatic heterocycles. The lowest BCUT2D eigenvalue weighted by molar-refractivity contribution is 0.0292. The van der Waals surface area contributed by atoms with Crippen LogP contribution in [-0.4, -0.2) is 54.9 Å². The summed E-state index contributed by atoms with van der Waals surface area (Å²) in [6.07, 6.45) is 4.76. The molecule has 0 radical (unpaired) electrons. The second kappa shape index (κ2) is 11.0. The van der Waals surface area contributed by atoms with Crippen molar-refractivity contribution in [2.75, 3.05) is 26.4 Å². The summed E-state index contributed by atoms with van der Waals surface area (Å²) < 4.78 is 20.0. The molecule has 0 aliphatic rings. The maximum absolute atomic E-state index is 10.3. The van der Waals surface area contributed by atoms with Crippen molar-refractivity contribution in [2.24, 2.45) is 0 Å². The lowest BCUT2D eigenvalue weighted by Gasteiger charge is -2.27. The van der Waals surface area contributed by atoms with E-state index in [0.29, 0.717) is 48.8 Å². The van der Waals surface area contributed by atoms with Crippen molar-refractivity contribution in [3.8, 4) is 11.8 Å². The molecule has 0 bridgehead atoms. The van der Waals surface area contributed by atoms with Crippen molar-refractivity contribution in [3.63, 3.8) is 0 Å². The average Bonchev–Trinajstić information content (AvgIpc) is 3.18. The fraction of sp³-hybridized carbons (Fsp3) is 0.727. The molecule has 0 saturated carbocycles. The van der Waals surface area contributed by atoms with Crippen LogP contribution in [0.15, 0.2) is 12.4 Å². The van der Waals surface area contributed by atoms with Gasteiger partial charge in [0, 0.05) is 37.4 Å². The van der Waals surface area contributed by atoms with Gasteiger partial charge in [0.05, 0.1) is 25.6 Å². The summed E-state index contributed by atoms with van der Waals surface area (Å²) in [5.41, 5.74) is -0.717. The van der Waals surface area contributed by atoms with E-state index in [1.54, 1.807) is 21.5 Å². The number of hydrogen-bond acceptors (Lipinski definition) is 6. The van der Waals surface area contributed by atoms with Gasteiger partial charge in [-0.3, -0.25) is 9.13 Å². The van der Waals surface area contributed by atoms with Crippen molar-refractivity contribution in [1.82, 2.24) is 18.3 Å². The molecule has 0 aromatic carbocycles. The molecule has 0 fully saturated rings. The minimum atomic E-state index is -0.359. The van der Waals surface area contributed by atoms with Crippen LogP contribution in [0.25, 0.3) is 0 Å². The van der Waals surface area contributed by atoms with Crippen LogP contribution in [0.2, 0.25) is 0 Å². The molecule has 2 aromatic rings. The number of imidazole rings is 2. The topological polar surface area (TPSA) is 78.6 Å². The zero-order valence-corrected chi connectivity index (χ0v) is 21.8. The fourth-order valence-electron chi connectivity index (χ4n) is 3.74. The van der Waals surface area contributed by atoms with E-state index in [4.69, 9.17) is 33.9 Å². The quantitative estimate of drug-likeness (QED) is 0.313. The molecule has 0 aliphatic carbocycles. The highest BCUT2D eigenvalue weighted by molar-refractivity contribution is 7.71. The highest BCUT2D eigenvalue weighted by Gasteiger charge is 2.26. The molecule has 0 amide bonds. The second-order valence-electron chi connectivity index (χ2n) is 9.13. The van der Waals surface area contributed by atoms with Gasteiger partial charge in [-0.15, -0.1) is 0 Å². The van der Waals surface area contributed by atoms with Gasteiger partial charge in [0.1, 0.15) is 0 Å². The Bertz CT molecular complexity index is 920. The van der Waals surface area contributed by atoms with Crippen molar-refractivity contribution >= 4 is 24.4 Å². The Morgan fingerprint density at radius 1 is 0.719 bits per heavy atom. The first-order chi connectivity index (χ1) is 15.0. The van der Waals surface area contributed by atoms with Gasteiger partial charge in [-0.25, -0.2) is 0 Å².